The quantitative estimate of drug-likeness (QED) is 0.512. The van der Waals surface area contributed by atoms with Gasteiger partial charge in [-0.05, 0) is 19.3 Å². The van der Waals surface area contributed by atoms with Crippen molar-refractivity contribution in [1.29, 1.82) is 5.26 Å². The van der Waals surface area contributed by atoms with Crippen molar-refractivity contribution in [3.8, 4) is 6.07 Å². The van der Waals surface area contributed by atoms with E-state index in [1.54, 1.807) is 0 Å². The van der Waals surface area contributed by atoms with Crippen molar-refractivity contribution in [1.82, 2.24) is 4.90 Å². The summed E-state index contributed by atoms with van der Waals surface area (Å²) in [4.78, 5) is 2.14. The van der Waals surface area contributed by atoms with E-state index in [9.17, 15) is 0 Å². The molecule has 0 radical (unpaired) electrons. The van der Waals surface area contributed by atoms with Gasteiger partial charge in [0.25, 0.3) is 0 Å². The van der Waals surface area contributed by atoms with Crippen molar-refractivity contribution in [3.63, 3.8) is 0 Å². The Balaban J connectivity index is 2.07. The van der Waals surface area contributed by atoms with Crippen LogP contribution in [0.15, 0.2) is 0 Å². The van der Waals surface area contributed by atoms with Crippen LogP contribution in [-0.2, 0) is 4.74 Å². The lowest BCUT2D eigenvalue weighted by Crippen LogP contribution is -2.37. The molecule has 80 valence electrons. The average molecular weight is 198 g/mol. The zero-order chi connectivity index (χ0) is 10.2. The van der Waals surface area contributed by atoms with E-state index in [2.05, 4.69) is 11.0 Å². The van der Waals surface area contributed by atoms with E-state index in [0.29, 0.717) is 19.3 Å². The first-order chi connectivity index (χ1) is 6.86. The number of nitriles is 1. The highest BCUT2D eigenvalue weighted by Crippen LogP contribution is 2.13. The summed E-state index contributed by atoms with van der Waals surface area (Å²) in [6.07, 6.45) is 3.06. The molecule has 0 atom stereocenters. The monoisotopic (exact) mass is 198 g/mol. The number of hydrogen-bond acceptors (Lipinski definition) is 4. The molecule has 1 aliphatic rings. The summed E-state index contributed by atoms with van der Waals surface area (Å²) < 4.78 is 5.58. The number of ether oxygens (including phenoxy) is 1. The Morgan fingerprint density at radius 1 is 1.43 bits per heavy atom. The van der Waals surface area contributed by atoms with Gasteiger partial charge in [-0.25, -0.2) is 0 Å². The first kappa shape index (κ1) is 11.4. The Labute approximate surface area is 85.1 Å². The van der Waals surface area contributed by atoms with Crippen molar-refractivity contribution < 1.29 is 9.84 Å². The fourth-order valence-corrected chi connectivity index (χ4v) is 1.65. The second-order valence-corrected chi connectivity index (χ2v) is 3.58. The molecule has 1 fully saturated rings. The molecule has 0 aliphatic carbocycles. The van der Waals surface area contributed by atoms with E-state index < -0.39 is 0 Å². The van der Waals surface area contributed by atoms with E-state index in [4.69, 9.17) is 15.1 Å². The molecule has 0 spiro atoms. The van der Waals surface area contributed by atoms with Crippen LogP contribution in [0.1, 0.15) is 19.3 Å². The summed E-state index contributed by atoms with van der Waals surface area (Å²) in [5, 5.41) is 17.1. The molecule has 0 saturated carbocycles. The van der Waals surface area contributed by atoms with Crippen LogP contribution in [-0.4, -0.2) is 49.0 Å². The SMILES string of the molecule is N#CCN1CCC(OCCCO)CC1. The molecule has 1 N–H and O–H groups in total. The van der Waals surface area contributed by atoms with E-state index >= 15 is 0 Å². The fourth-order valence-electron chi connectivity index (χ4n) is 1.65. The van der Waals surface area contributed by atoms with Gasteiger partial charge in [0.1, 0.15) is 0 Å². The van der Waals surface area contributed by atoms with Crippen LogP contribution in [0.4, 0.5) is 0 Å². The van der Waals surface area contributed by atoms with Gasteiger partial charge in [-0.1, -0.05) is 0 Å². The zero-order valence-corrected chi connectivity index (χ0v) is 8.48. The number of aliphatic hydroxyl groups is 1. The van der Waals surface area contributed by atoms with Crippen molar-refractivity contribution in [2.24, 2.45) is 0 Å². The zero-order valence-electron chi connectivity index (χ0n) is 8.48. The van der Waals surface area contributed by atoms with Gasteiger partial charge in [-0.3, -0.25) is 4.90 Å². The summed E-state index contributed by atoms with van der Waals surface area (Å²) in [7, 11) is 0. The highest BCUT2D eigenvalue weighted by molar-refractivity contribution is 4.80. The van der Waals surface area contributed by atoms with Gasteiger partial charge in [0.2, 0.25) is 0 Å². The molecular weight excluding hydrogens is 180 g/mol. The molecule has 1 saturated heterocycles. The first-order valence-corrected chi connectivity index (χ1v) is 5.18. The Morgan fingerprint density at radius 3 is 2.71 bits per heavy atom. The van der Waals surface area contributed by atoms with Crippen LogP contribution in [0.25, 0.3) is 0 Å². The van der Waals surface area contributed by atoms with E-state index in [-0.39, 0.29) is 6.61 Å². The number of rotatable bonds is 5. The Morgan fingerprint density at radius 2 is 2.14 bits per heavy atom. The topological polar surface area (TPSA) is 56.5 Å². The molecule has 0 bridgehead atoms. The summed E-state index contributed by atoms with van der Waals surface area (Å²) in [5.74, 6) is 0. The summed E-state index contributed by atoms with van der Waals surface area (Å²) in [5.41, 5.74) is 0. The van der Waals surface area contributed by atoms with Crippen LogP contribution in [0, 0.1) is 11.3 Å². The van der Waals surface area contributed by atoms with Crippen molar-refractivity contribution in [2.45, 2.75) is 25.4 Å². The molecule has 0 unspecified atom stereocenters. The third kappa shape index (κ3) is 4.05. The lowest BCUT2D eigenvalue weighted by molar-refractivity contribution is 0.00464. The lowest BCUT2D eigenvalue weighted by Gasteiger charge is -2.30. The van der Waals surface area contributed by atoms with Gasteiger partial charge in [0.15, 0.2) is 0 Å². The number of hydrogen-bond donors (Lipinski definition) is 1. The predicted molar refractivity (Wildman–Crippen MR) is 52.7 cm³/mol. The maximum absolute atomic E-state index is 8.58. The Hall–Kier alpha value is -0.630. The number of nitrogens with zero attached hydrogens (tertiary/aromatic N) is 2. The highest BCUT2D eigenvalue weighted by Gasteiger charge is 2.18. The van der Waals surface area contributed by atoms with Crippen molar-refractivity contribution in [3.05, 3.63) is 0 Å². The lowest BCUT2D eigenvalue weighted by atomic mass is 10.1. The molecule has 0 aromatic rings. The molecule has 1 heterocycles. The van der Waals surface area contributed by atoms with Gasteiger partial charge in [0, 0.05) is 26.3 Å². The summed E-state index contributed by atoms with van der Waals surface area (Å²) >= 11 is 0. The molecule has 4 nitrogen and oxygen atoms in total. The number of aliphatic hydroxyl groups excluding tert-OH is 1. The smallest absolute Gasteiger partial charge is 0.0866 e. The Bertz CT molecular complexity index is 183. The first-order valence-electron chi connectivity index (χ1n) is 5.18. The molecule has 0 aromatic heterocycles. The fraction of sp³-hybridized carbons (Fsp3) is 0.900. The van der Waals surface area contributed by atoms with Crippen molar-refractivity contribution >= 4 is 0 Å². The molecule has 0 aromatic carbocycles. The molecule has 1 rings (SSSR count). The van der Waals surface area contributed by atoms with E-state index in [1.165, 1.54) is 0 Å². The Kier molecular flexibility index (Phi) is 5.53. The highest BCUT2D eigenvalue weighted by atomic mass is 16.5. The molecule has 14 heavy (non-hydrogen) atoms. The van der Waals surface area contributed by atoms with Crippen LogP contribution >= 0.6 is 0 Å². The van der Waals surface area contributed by atoms with Crippen LogP contribution in [0.3, 0.4) is 0 Å². The van der Waals surface area contributed by atoms with Crippen LogP contribution < -0.4 is 0 Å². The minimum absolute atomic E-state index is 0.202. The maximum atomic E-state index is 8.58. The summed E-state index contributed by atoms with van der Waals surface area (Å²) in [6.45, 7) is 3.30. The minimum Gasteiger partial charge on any atom is -0.396 e. The van der Waals surface area contributed by atoms with Crippen LogP contribution in [0.2, 0.25) is 0 Å². The van der Waals surface area contributed by atoms with Gasteiger partial charge in [-0.2, -0.15) is 5.26 Å². The third-order valence-electron chi connectivity index (χ3n) is 2.48. The van der Waals surface area contributed by atoms with E-state index in [0.717, 1.165) is 32.4 Å². The summed E-state index contributed by atoms with van der Waals surface area (Å²) in [6, 6.07) is 2.16. The molecular formula is C10H18N2O2. The van der Waals surface area contributed by atoms with Crippen molar-refractivity contribution in [2.75, 3.05) is 32.8 Å². The van der Waals surface area contributed by atoms with Gasteiger partial charge >= 0.3 is 0 Å². The van der Waals surface area contributed by atoms with Gasteiger partial charge < -0.3 is 9.84 Å². The average Bonchev–Trinajstić information content (AvgIpc) is 2.21. The van der Waals surface area contributed by atoms with E-state index in [1.807, 2.05) is 0 Å². The van der Waals surface area contributed by atoms with Gasteiger partial charge in [-0.15, -0.1) is 0 Å². The predicted octanol–water partition coefficient (Wildman–Crippen LogP) is 0.373. The van der Waals surface area contributed by atoms with Gasteiger partial charge in [0.05, 0.1) is 18.7 Å². The molecule has 0 amide bonds. The maximum Gasteiger partial charge on any atom is 0.0866 e. The van der Waals surface area contributed by atoms with Crippen LogP contribution in [0.5, 0.6) is 0 Å². The standard InChI is InChI=1S/C10H18N2O2/c11-4-7-12-5-2-10(3-6-12)14-9-1-8-13/h10,13H,1-3,5-9H2. The normalized spacial score (nSPS) is 19.4. The molecule has 1 aliphatic heterocycles. The second kappa shape index (κ2) is 6.77. The number of likely N-dealkylation sites (tertiary alicyclic amines) is 1. The third-order valence-corrected chi connectivity index (χ3v) is 2.48. The number of piperidine rings is 1. The molecule has 4 heteroatoms. The largest absolute Gasteiger partial charge is 0.396 e. The second-order valence-electron chi connectivity index (χ2n) is 3.58. The minimum atomic E-state index is 0.202.